The number of benzene rings is 2. The molecule has 0 saturated heterocycles. The Balaban J connectivity index is 1.75. The van der Waals surface area contributed by atoms with Gasteiger partial charge in [-0.3, -0.25) is 4.79 Å². The Morgan fingerprint density at radius 2 is 1.70 bits per heavy atom. The fraction of sp³-hybridized carbons (Fsp3) is 0.0556. The number of anilines is 3. The van der Waals surface area contributed by atoms with Crippen LogP contribution in [-0.2, 0) is 6.18 Å². The lowest BCUT2D eigenvalue weighted by atomic mass is 10.2. The zero-order valence-electron chi connectivity index (χ0n) is 13.6. The molecule has 9 heteroatoms. The van der Waals surface area contributed by atoms with Crippen molar-refractivity contribution in [2.24, 2.45) is 0 Å². The lowest BCUT2D eigenvalue weighted by Crippen LogP contribution is -2.15. The minimum atomic E-state index is -4.49. The molecule has 0 radical (unpaired) electrons. The number of alkyl halides is 3. The van der Waals surface area contributed by atoms with Gasteiger partial charge in [0.25, 0.3) is 5.91 Å². The van der Waals surface area contributed by atoms with Gasteiger partial charge in [0.15, 0.2) is 0 Å². The molecule has 2 N–H and O–H groups in total. The van der Waals surface area contributed by atoms with Gasteiger partial charge in [0.2, 0.25) is 0 Å². The van der Waals surface area contributed by atoms with Crippen LogP contribution in [0.25, 0.3) is 0 Å². The Morgan fingerprint density at radius 3 is 2.41 bits per heavy atom. The first kappa shape index (κ1) is 18.7. The number of carbonyl (C=O) groups excluding carboxylic acids is 1. The molecule has 3 aromatic rings. The smallest absolute Gasteiger partial charge is 0.340 e. The third-order valence-electron chi connectivity index (χ3n) is 3.46. The molecule has 0 atom stereocenters. The van der Waals surface area contributed by atoms with E-state index in [-0.39, 0.29) is 11.4 Å². The molecular weight excluding hydrogens is 381 g/mol. The van der Waals surface area contributed by atoms with E-state index in [1.54, 1.807) is 24.3 Å². The van der Waals surface area contributed by atoms with E-state index in [4.69, 9.17) is 11.6 Å². The van der Waals surface area contributed by atoms with Crippen molar-refractivity contribution in [3.63, 3.8) is 0 Å². The van der Waals surface area contributed by atoms with E-state index < -0.39 is 17.6 Å². The molecule has 1 aromatic heterocycles. The molecule has 27 heavy (non-hydrogen) atoms. The summed E-state index contributed by atoms with van der Waals surface area (Å²) in [5.41, 5.74) is -0.144. The molecule has 0 aliphatic rings. The van der Waals surface area contributed by atoms with Gasteiger partial charge in [-0.15, -0.1) is 0 Å². The molecular formula is C18H12ClF3N4O. The molecule has 1 heterocycles. The highest BCUT2D eigenvalue weighted by Crippen LogP contribution is 2.30. The number of aromatic nitrogens is 2. The third-order valence-corrected chi connectivity index (χ3v) is 3.72. The van der Waals surface area contributed by atoms with Crippen LogP contribution in [0.4, 0.5) is 30.4 Å². The van der Waals surface area contributed by atoms with Gasteiger partial charge in [-0.2, -0.15) is 13.2 Å². The highest BCUT2D eigenvalue weighted by atomic mass is 35.5. The molecule has 5 nitrogen and oxygen atoms in total. The Morgan fingerprint density at radius 1 is 0.963 bits per heavy atom. The summed E-state index contributed by atoms with van der Waals surface area (Å²) in [7, 11) is 0. The summed E-state index contributed by atoms with van der Waals surface area (Å²) in [4.78, 5) is 20.2. The van der Waals surface area contributed by atoms with Crippen molar-refractivity contribution in [3.8, 4) is 0 Å². The number of rotatable bonds is 4. The van der Waals surface area contributed by atoms with Crippen LogP contribution >= 0.6 is 11.6 Å². The zero-order valence-corrected chi connectivity index (χ0v) is 14.3. The molecule has 138 valence electrons. The van der Waals surface area contributed by atoms with Crippen molar-refractivity contribution in [2.45, 2.75) is 6.18 Å². The predicted molar refractivity (Wildman–Crippen MR) is 96.2 cm³/mol. The Hall–Kier alpha value is -3.13. The SMILES string of the molecule is O=C(Nc1cccc(C(F)(F)F)c1)c1cc(Nc2ccc(Cl)cc2)ncn1. The maximum absolute atomic E-state index is 12.8. The van der Waals surface area contributed by atoms with Crippen molar-refractivity contribution in [3.05, 3.63) is 77.2 Å². The normalized spacial score (nSPS) is 11.1. The van der Waals surface area contributed by atoms with Crippen LogP contribution in [-0.4, -0.2) is 15.9 Å². The monoisotopic (exact) mass is 392 g/mol. The first-order valence-corrected chi connectivity index (χ1v) is 8.02. The van der Waals surface area contributed by atoms with E-state index in [2.05, 4.69) is 20.6 Å². The Kier molecular flexibility index (Phi) is 5.27. The van der Waals surface area contributed by atoms with Crippen LogP contribution in [0.2, 0.25) is 5.02 Å². The second kappa shape index (κ2) is 7.63. The molecule has 0 unspecified atom stereocenters. The first-order chi connectivity index (χ1) is 12.8. The van der Waals surface area contributed by atoms with Gasteiger partial charge in [-0.1, -0.05) is 17.7 Å². The van der Waals surface area contributed by atoms with Gasteiger partial charge in [-0.25, -0.2) is 9.97 Å². The topological polar surface area (TPSA) is 66.9 Å². The van der Waals surface area contributed by atoms with Crippen LogP contribution in [0.1, 0.15) is 16.1 Å². The summed E-state index contributed by atoms with van der Waals surface area (Å²) in [6.45, 7) is 0. The summed E-state index contributed by atoms with van der Waals surface area (Å²) < 4.78 is 38.3. The Labute approximate surface area is 157 Å². The van der Waals surface area contributed by atoms with E-state index in [9.17, 15) is 18.0 Å². The standard InChI is InChI=1S/C18H12ClF3N4O/c19-12-4-6-13(7-5-12)25-16-9-15(23-10-24-16)17(27)26-14-3-1-2-11(8-14)18(20,21)22/h1-10H,(H,26,27)(H,23,24,25). The summed E-state index contributed by atoms with van der Waals surface area (Å²) in [6, 6.07) is 12.6. The minimum Gasteiger partial charge on any atom is -0.340 e. The van der Waals surface area contributed by atoms with Gasteiger partial charge < -0.3 is 10.6 Å². The first-order valence-electron chi connectivity index (χ1n) is 7.64. The number of hydrogen-bond acceptors (Lipinski definition) is 4. The summed E-state index contributed by atoms with van der Waals surface area (Å²) in [5.74, 6) is -0.308. The van der Waals surface area contributed by atoms with E-state index in [1.807, 2.05) is 0 Å². The van der Waals surface area contributed by atoms with Crippen molar-refractivity contribution in [1.82, 2.24) is 9.97 Å². The van der Waals surface area contributed by atoms with Crippen LogP contribution in [0.3, 0.4) is 0 Å². The third kappa shape index (κ3) is 4.95. The van der Waals surface area contributed by atoms with Gasteiger partial charge >= 0.3 is 6.18 Å². The van der Waals surface area contributed by atoms with Gasteiger partial charge in [0.1, 0.15) is 17.8 Å². The number of nitrogens with one attached hydrogen (secondary N) is 2. The zero-order chi connectivity index (χ0) is 19.4. The van der Waals surface area contributed by atoms with Crippen molar-refractivity contribution < 1.29 is 18.0 Å². The molecule has 0 spiro atoms. The molecule has 0 fully saturated rings. The van der Waals surface area contributed by atoms with Crippen molar-refractivity contribution in [2.75, 3.05) is 10.6 Å². The minimum absolute atomic E-state index is 0.00104. The number of amides is 1. The quantitative estimate of drug-likeness (QED) is 0.644. The van der Waals surface area contributed by atoms with Gasteiger partial charge in [0.05, 0.1) is 5.56 Å². The average molecular weight is 393 g/mol. The second-order valence-corrected chi connectivity index (χ2v) is 5.89. The largest absolute Gasteiger partial charge is 0.416 e. The lowest BCUT2D eigenvalue weighted by molar-refractivity contribution is -0.137. The van der Waals surface area contributed by atoms with Crippen molar-refractivity contribution in [1.29, 1.82) is 0 Å². The fourth-order valence-electron chi connectivity index (χ4n) is 2.20. The number of halogens is 4. The van der Waals surface area contributed by atoms with Gasteiger partial charge in [-0.05, 0) is 42.5 Å². The second-order valence-electron chi connectivity index (χ2n) is 5.45. The maximum atomic E-state index is 12.8. The lowest BCUT2D eigenvalue weighted by Gasteiger charge is -2.10. The van der Waals surface area contributed by atoms with Crippen molar-refractivity contribution >= 4 is 34.7 Å². The van der Waals surface area contributed by atoms with E-state index in [1.165, 1.54) is 24.5 Å². The van der Waals surface area contributed by atoms with Crippen LogP contribution in [0.5, 0.6) is 0 Å². The van der Waals surface area contributed by atoms with E-state index >= 15 is 0 Å². The van der Waals surface area contributed by atoms with Gasteiger partial charge in [0, 0.05) is 22.5 Å². The fourth-order valence-corrected chi connectivity index (χ4v) is 2.33. The Bertz CT molecular complexity index is 961. The number of nitrogens with zero attached hydrogens (tertiary/aromatic N) is 2. The van der Waals surface area contributed by atoms with Crippen LogP contribution < -0.4 is 10.6 Å². The predicted octanol–water partition coefficient (Wildman–Crippen LogP) is 5.14. The summed E-state index contributed by atoms with van der Waals surface area (Å²) in [5, 5.41) is 5.95. The molecule has 1 amide bonds. The highest BCUT2D eigenvalue weighted by molar-refractivity contribution is 6.30. The molecule has 0 aliphatic carbocycles. The highest BCUT2D eigenvalue weighted by Gasteiger charge is 2.30. The van der Waals surface area contributed by atoms with E-state index in [0.29, 0.717) is 16.5 Å². The molecule has 0 aliphatic heterocycles. The average Bonchev–Trinajstić information content (AvgIpc) is 2.63. The van der Waals surface area contributed by atoms with E-state index in [0.717, 1.165) is 12.1 Å². The molecule has 3 rings (SSSR count). The number of carbonyl (C=O) groups is 1. The summed E-state index contributed by atoms with van der Waals surface area (Å²) in [6.07, 6.45) is -3.31. The maximum Gasteiger partial charge on any atom is 0.416 e. The molecule has 0 saturated carbocycles. The van der Waals surface area contributed by atoms with Crippen LogP contribution in [0, 0.1) is 0 Å². The molecule has 0 bridgehead atoms. The van der Waals surface area contributed by atoms with Crippen LogP contribution in [0.15, 0.2) is 60.9 Å². The number of hydrogen-bond donors (Lipinski definition) is 2. The summed E-state index contributed by atoms with van der Waals surface area (Å²) >= 11 is 5.82. The molecule has 2 aromatic carbocycles.